The number of nitrogens with zero attached hydrogens (tertiary/aromatic N) is 5. The van der Waals surface area contributed by atoms with Crippen molar-refractivity contribution < 1.29 is 22.7 Å². The molecule has 2 fully saturated rings. The number of nitrogens with one attached hydrogen (secondary N) is 2. The molecule has 0 atom stereocenters. The summed E-state index contributed by atoms with van der Waals surface area (Å²) in [5.41, 5.74) is 0.708. The van der Waals surface area contributed by atoms with Crippen molar-refractivity contribution >= 4 is 22.8 Å². The first-order chi connectivity index (χ1) is 16.4. The van der Waals surface area contributed by atoms with Crippen LogP contribution in [0.1, 0.15) is 29.9 Å². The van der Waals surface area contributed by atoms with E-state index in [1.54, 1.807) is 0 Å². The number of rotatable bonds is 7. The number of likely N-dealkylation sites (tertiary alicyclic amines) is 1. The minimum absolute atomic E-state index is 0.0242. The monoisotopic (exact) mass is 481 g/mol. The lowest BCUT2D eigenvalue weighted by molar-refractivity contribution is -0.115. The normalized spacial score (nSPS) is 19.1. The van der Waals surface area contributed by atoms with Gasteiger partial charge >= 0.3 is 6.18 Å². The summed E-state index contributed by atoms with van der Waals surface area (Å²) in [5, 5.41) is 5.23. The molecule has 4 rings (SSSR count). The van der Waals surface area contributed by atoms with Crippen molar-refractivity contribution in [3.63, 3.8) is 0 Å². The molecule has 0 radical (unpaired) electrons. The van der Waals surface area contributed by atoms with Crippen LogP contribution in [0.3, 0.4) is 0 Å². The first-order valence-electron chi connectivity index (χ1n) is 11.6. The molecule has 4 heterocycles. The van der Waals surface area contributed by atoms with Crippen LogP contribution < -0.4 is 10.6 Å². The topological polar surface area (TPSA) is 95.5 Å². The lowest BCUT2D eigenvalue weighted by Gasteiger charge is -2.33. The number of hydrogen-bond donors (Lipinski definition) is 2. The molecule has 2 aliphatic heterocycles. The molecule has 2 aromatic rings. The van der Waals surface area contributed by atoms with E-state index in [9.17, 15) is 18.0 Å². The van der Waals surface area contributed by atoms with Crippen LogP contribution in [0.2, 0.25) is 0 Å². The van der Waals surface area contributed by atoms with Gasteiger partial charge in [-0.05, 0) is 31.4 Å². The van der Waals surface area contributed by atoms with E-state index in [2.05, 4.69) is 35.4 Å². The highest BCUT2D eigenvalue weighted by Crippen LogP contribution is 2.18. The van der Waals surface area contributed by atoms with Crippen molar-refractivity contribution in [1.29, 1.82) is 0 Å². The maximum Gasteiger partial charge on any atom is 0.405 e. The maximum absolute atomic E-state index is 12.7. The molecule has 186 valence electrons. The molecule has 2 aliphatic rings. The number of amides is 1. The zero-order chi connectivity index (χ0) is 24.0. The summed E-state index contributed by atoms with van der Waals surface area (Å²) in [6.07, 6.45) is -0.187. The average molecular weight is 482 g/mol. The molecular formula is C22H30F3N7O2. The number of aromatic nitrogens is 3. The fraction of sp³-hybridized carbons (Fsp3) is 0.636. The molecule has 0 spiro atoms. The van der Waals surface area contributed by atoms with Crippen molar-refractivity contribution in [2.45, 2.75) is 31.5 Å². The van der Waals surface area contributed by atoms with Crippen LogP contribution in [0.4, 0.5) is 19.0 Å². The molecule has 9 nitrogen and oxygen atoms in total. The highest BCUT2D eigenvalue weighted by Gasteiger charge is 2.27. The third kappa shape index (κ3) is 7.21. The molecule has 34 heavy (non-hydrogen) atoms. The molecule has 0 bridgehead atoms. The van der Waals surface area contributed by atoms with Gasteiger partial charge in [0.05, 0.1) is 18.3 Å². The molecule has 1 amide bonds. The summed E-state index contributed by atoms with van der Waals surface area (Å²) in [6, 6.07) is 2.98. The fourth-order valence-electron chi connectivity index (χ4n) is 4.18. The van der Waals surface area contributed by atoms with Gasteiger partial charge in [0, 0.05) is 51.9 Å². The molecule has 0 aromatic carbocycles. The van der Waals surface area contributed by atoms with Crippen molar-refractivity contribution in [2.24, 2.45) is 0 Å². The van der Waals surface area contributed by atoms with Gasteiger partial charge in [0.2, 0.25) is 5.82 Å². The molecular weight excluding hydrogens is 451 g/mol. The second-order valence-corrected chi connectivity index (χ2v) is 8.66. The predicted molar refractivity (Wildman–Crippen MR) is 121 cm³/mol. The van der Waals surface area contributed by atoms with Gasteiger partial charge in [-0.15, -0.1) is 0 Å². The zero-order valence-electron chi connectivity index (χ0n) is 19.0. The summed E-state index contributed by atoms with van der Waals surface area (Å²) in [5.74, 6) is -0.262. The second-order valence-electron chi connectivity index (χ2n) is 8.66. The van der Waals surface area contributed by atoms with Crippen molar-refractivity contribution in [3.8, 4) is 0 Å². The summed E-state index contributed by atoms with van der Waals surface area (Å²) in [4.78, 5) is 29.9. The lowest BCUT2D eigenvalue weighted by Crippen LogP contribution is -2.46. The number of pyridine rings is 1. The minimum atomic E-state index is -4.34. The van der Waals surface area contributed by atoms with Gasteiger partial charge < -0.3 is 20.3 Å². The van der Waals surface area contributed by atoms with Crippen LogP contribution in [0.5, 0.6) is 0 Å². The molecule has 2 N–H and O–H groups in total. The lowest BCUT2D eigenvalue weighted by atomic mass is 10.0. The Balaban J connectivity index is 1.24. The zero-order valence-corrected chi connectivity index (χ0v) is 19.0. The summed E-state index contributed by atoms with van der Waals surface area (Å²) < 4.78 is 42.6. The van der Waals surface area contributed by atoms with Crippen LogP contribution in [-0.4, -0.2) is 102 Å². The average Bonchev–Trinajstić information content (AvgIpc) is 3.10. The summed E-state index contributed by atoms with van der Waals surface area (Å²) in [7, 11) is 0. The summed E-state index contributed by atoms with van der Waals surface area (Å²) >= 11 is 0. The van der Waals surface area contributed by atoms with Gasteiger partial charge in [-0.3, -0.25) is 9.69 Å². The van der Waals surface area contributed by atoms with Gasteiger partial charge in [0.15, 0.2) is 0 Å². The molecule has 2 saturated heterocycles. The number of ether oxygens (including phenoxy) is 1. The molecule has 0 aliphatic carbocycles. The third-order valence-corrected chi connectivity index (χ3v) is 6.08. The number of carbonyl (C=O) groups is 1. The van der Waals surface area contributed by atoms with Gasteiger partial charge in [-0.1, -0.05) is 0 Å². The van der Waals surface area contributed by atoms with Gasteiger partial charge in [-0.25, -0.2) is 15.0 Å². The quantitative estimate of drug-likeness (QED) is 0.620. The van der Waals surface area contributed by atoms with E-state index < -0.39 is 12.7 Å². The van der Waals surface area contributed by atoms with E-state index in [-0.39, 0.29) is 23.6 Å². The van der Waals surface area contributed by atoms with E-state index in [0.29, 0.717) is 11.0 Å². The van der Waals surface area contributed by atoms with E-state index in [4.69, 9.17) is 4.74 Å². The second kappa shape index (κ2) is 11.2. The molecule has 0 unspecified atom stereocenters. The van der Waals surface area contributed by atoms with Crippen molar-refractivity contribution in [3.05, 3.63) is 24.2 Å². The Labute approximate surface area is 196 Å². The van der Waals surface area contributed by atoms with Crippen LogP contribution >= 0.6 is 0 Å². The first-order valence-corrected chi connectivity index (χ1v) is 11.6. The Morgan fingerprint density at radius 1 is 1.03 bits per heavy atom. The number of halogens is 3. The number of alkyl halides is 3. The van der Waals surface area contributed by atoms with E-state index >= 15 is 0 Å². The molecule has 2 aromatic heterocycles. The van der Waals surface area contributed by atoms with Crippen molar-refractivity contribution in [2.75, 3.05) is 64.3 Å². The maximum atomic E-state index is 12.7. The third-order valence-electron chi connectivity index (χ3n) is 6.08. The first kappa shape index (κ1) is 24.6. The van der Waals surface area contributed by atoms with Gasteiger partial charge in [-0.2, -0.15) is 13.2 Å². The Morgan fingerprint density at radius 3 is 2.56 bits per heavy atom. The number of piperidine rings is 1. The smallest absolute Gasteiger partial charge is 0.380 e. The Hall–Kier alpha value is -2.57. The van der Waals surface area contributed by atoms with Crippen LogP contribution in [0.25, 0.3) is 11.0 Å². The standard InChI is InChI=1S/C22H30F3N7O2/c23-22(24,25)15-27-19-3-2-17-18(29-19)14-26-20(30-17)21(33)28-16-4-7-32(8-5-16)10-9-31-6-1-12-34-13-11-31/h2-3,14,16H,1,4-13,15H2,(H,27,29)(H,28,33). The Bertz CT molecular complexity index is 959. The van der Waals surface area contributed by atoms with Crippen LogP contribution in [0.15, 0.2) is 18.3 Å². The number of hydrogen-bond acceptors (Lipinski definition) is 8. The van der Waals surface area contributed by atoms with E-state index in [1.807, 2.05) is 0 Å². The summed E-state index contributed by atoms with van der Waals surface area (Å²) in [6.45, 7) is 6.43. The van der Waals surface area contributed by atoms with Gasteiger partial charge in [0.25, 0.3) is 5.91 Å². The minimum Gasteiger partial charge on any atom is -0.380 e. The highest BCUT2D eigenvalue weighted by atomic mass is 19.4. The highest BCUT2D eigenvalue weighted by molar-refractivity contribution is 5.92. The number of fused-ring (bicyclic) bond motifs is 1. The Morgan fingerprint density at radius 2 is 1.79 bits per heavy atom. The predicted octanol–water partition coefficient (Wildman–Crippen LogP) is 1.92. The Kier molecular flexibility index (Phi) is 8.11. The SMILES string of the molecule is O=C(NC1CCN(CCN2CCCOCC2)CC1)c1ncc2nc(NCC(F)(F)F)ccc2n1. The number of carbonyl (C=O) groups excluding carboxylic acids is 1. The van der Waals surface area contributed by atoms with E-state index in [0.717, 1.165) is 71.7 Å². The van der Waals surface area contributed by atoms with Crippen LogP contribution in [-0.2, 0) is 4.74 Å². The largest absolute Gasteiger partial charge is 0.405 e. The fourth-order valence-corrected chi connectivity index (χ4v) is 4.18. The molecule has 0 saturated carbocycles. The van der Waals surface area contributed by atoms with E-state index in [1.165, 1.54) is 18.3 Å². The van der Waals surface area contributed by atoms with Gasteiger partial charge in [0.1, 0.15) is 17.9 Å². The van der Waals surface area contributed by atoms with Crippen molar-refractivity contribution in [1.82, 2.24) is 30.1 Å². The number of anilines is 1. The van der Waals surface area contributed by atoms with Crippen LogP contribution in [0, 0.1) is 0 Å². The molecule has 12 heteroatoms.